The van der Waals surface area contributed by atoms with Crippen LogP contribution in [0.5, 0.6) is 0 Å². The van der Waals surface area contributed by atoms with Crippen molar-refractivity contribution < 1.29 is 0 Å². The highest BCUT2D eigenvalue weighted by molar-refractivity contribution is 5.76. The van der Waals surface area contributed by atoms with Crippen LogP contribution in [0.15, 0.2) is 48.5 Å². The van der Waals surface area contributed by atoms with Gasteiger partial charge in [0.2, 0.25) is 0 Å². The molecule has 0 bridgehead atoms. The van der Waals surface area contributed by atoms with Gasteiger partial charge in [-0.2, -0.15) is 0 Å². The molecule has 0 fully saturated rings. The number of hydrogen-bond acceptors (Lipinski definition) is 2. The van der Waals surface area contributed by atoms with Gasteiger partial charge in [0.1, 0.15) is 11.6 Å². The molecule has 0 atom stereocenters. The summed E-state index contributed by atoms with van der Waals surface area (Å²) in [5, 5.41) is 0. The molecule has 4 nitrogen and oxygen atoms in total. The van der Waals surface area contributed by atoms with E-state index in [9.17, 15) is 0 Å². The predicted octanol–water partition coefficient (Wildman–Crippen LogP) is 3.59. The summed E-state index contributed by atoms with van der Waals surface area (Å²) in [6.45, 7) is 2.11. The van der Waals surface area contributed by atoms with E-state index in [1.54, 1.807) is 0 Å². The van der Waals surface area contributed by atoms with Gasteiger partial charge in [-0.05, 0) is 31.2 Å². The van der Waals surface area contributed by atoms with Crippen molar-refractivity contribution in [3.05, 3.63) is 60.2 Å². The molecule has 0 radical (unpaired) electrons. The van der Waals surface area contributed by atoms with Crippen LogP contribution in [0.4, 0.5) is 0 Å². The molecule has 4 aromatic rings. The second-order valence-electron chi connectivity index (χ2n) is 5.00. The number of hydrogen-bond donors (Lipinski definition) is 2. The molecule has 0 saturated heterocycles. The van der Waals surface area contributed by atoms with Gasteiger partial charge in [-0.15, -0.1) is 0 Å². The van der Waals surface area contributed by atoms with E-state index in [4.69, 9.17) is 0 Å². The van der Waals surface area contributed by atoms with Gasteiger partial charge in [0.25, 0.3) is 0 Å². The number of nitrogens with zero attached hydrogens (tertiary/aromatic N) is 2. The lowest BCUT2D eigenvalue weighted by Gasteiger charge is -2.03. The number of rotatable bonds is 2. The first kappa shape index (κ1) is 11.2. The molecule has 0 aliphatic carbocycles. The standard InChI is InChI=1S/C16H14N4/c1-10(15-17-11-6-2-3-7-12(11)18-15)16-19-13-8-4-5-9-14(13)20-16/h2-10H,1H3,(H,17,18)(H,19,20). The van der Waals surface area contributed by atoms with Crippen molar-refractivity contribution in [1.82, 2.24) is 19.9 Å². The Labute approximate surface area is 115 Å². The Hall–Kier alpha value is -2.62. The molecule has 20 heavy (non-hydrogen) atoms. The fourth-order valence-electron chi connectivity index (χ4n) is 2.48. The highest BCUT2D eigenvalue weighted by Crippen LogP contribution is 2.24. The lowest BCUT2D eigenvalue weighted by molar-refractivity contribution is 0.790. The van der Waals surface area contributed by atoms with E-state index < -0.39 is 0 Å². The third-order valence-electron chi connectivity index (χ3n) is 3.64. The third-order valence-corrected chi connectivity index (χ3v) is 3.64. The van der Waals surface area contributed by atoms with Crippen molar-refractivity contribution in [3.63, 3.8) is 0 Å². The monoisotopic (exact) mass is 262 g/mol. The summed E-state index contributed by atoms with van der Waals surface area (Å²) in [5.74, 6) is 1.98. The van der Waals surface area contributed by atoms with Crippen LogP contribution in [0.25, 0.3) is 22.1 Å². The molecule has 0 aliphatic rings. The molecule has 2 N–H and O–H groups in total. The Balaban J connectivity index is 1.80. The summed E-state index contributed by atoms with van der Waals surface area (Å²) in [4.78, 5) is 16.0. The normalized spacial score (nSPS) is 11.7. The molecule has 0 saturated carbocycles. The van der Waals surface area contributed by atoms with E-state index in [1.165, 1.54) is 0 Å². The Morgan fingerprint density at radius 1 is 0.750 bits per heavy atom. The zero-order valence-electron chi connectivity index (χ0n) is 11.1. The predicted molar refractivity (Wildman–Crippen MR) is 79.7 cm³/mol. The number of aromatic amines is 2. The van der Waals surface area contributed by atoms with Crippen molar-refractivity contribution in [1.29, 1.82) is 0 Å². The van der Waals surface area contributed by atoms with Gasteiger partial charge in [-0.3, -0.25) is 0 Å². The van der Waals surface area contributed by atoms with Gasteiger partial charge < -0.3 is 9.97 Å². The molecule has 98 valence electrons. The molecule has 4 heteroatoms. The minimum absolute atomic E-state index is 0.106. The molecule has 0 aliphatic heterocycles. The minimum atomic E-state index is 0.106. The lowest BCUT2D eigenvalue weighted by atomic mass is 10.1. The van der Waals surface area contributed by atoms with Crippen molar-refractivity contribution in [2.75, 3.05) is 0 Å². The minimum Gasteiger partial charge on any atom is -0.341 e. The first-order valence-corrected chi connectivity index (χ1v) is 6.70. The Morgan fingerprint density at radius 2 is 1.20 bits per heavy atom. The Kier molecular flexibility index (Phi) is 2.36. The maximum Gasteiger partial charge on any atom is 0.117 e. The third kappa shape index (κ3) is 1.69. The molecule has 2 aromatic carbocycles. The largest absolute Gasteiger partial charge is 0.341 e. The van der Waals surface area contributed by atoms with Crippen LogP contribution in [0.3, 0.4) is 0 Å². The Morgan fingerprint density at radius 3 is 1.65 bits per heavy atom. The number of H-pyrrole nitrogens is 2. The smallest absolute Gasteiger partial charge is 0.117 e. The summed E-state index contributed by atoms with van der Waals surface area (Å²) in [5.41, 5.74) is 4.10. The number of aromatic nitrogens is 4. The zero-order chi connectivity index (χ0) is 13.5. The molecule has 2 aromatic heterocycles. The van der Waals surface area contributed by atoms with Crippen LogP contribution in [0, 0.1) is 0 Å². The van der Waals surface area contributed by atoms with Crippen LogP contribution < -0.4 is 0 Å². The topological polar surface area (TPSA) is 57.4 Å². The van der Waals surface area contributed by atoms with E-state index in [1.807, 2.05) is 48.5 Å². The molecule has 4 rings (SSSR count). The van der Waals surface area contributed by atoms with Gasteiger partial charge in [-0.1, -0.05) is 24.3 Å². The van der Waals surface area contributed by atoms with Crippen LogP contribution in [-0.4, -0.2) is 19.9 Å². The summed E-state index contributed by atoms with van der Waals surface area (Å²) < 4.78 is 0. The molecule has 0 unspecified atom stereocenters. The highest BCUT2D eigenvalue weighted by atomic mass is 15.0. The van der Waals surface area contributed by atoms with E-state index in [-0.39, 0.29) is 5.92 Å². The van der Waals surface area contributed by atoms with Crippen LogP contribution in [-0.2, 0) is 0 Å². The number of imidazole rings is 2. The molecule has 2 heterocycles. The van der Waals surface area contributed by atoms with E-state index in [0.29, 0.717) is 0 Å². The van der Waals surface area contributed by atoms with Crippen LogP contribution in [0.1, 0.15) is 24.5 Å². The second kappa shape index (κ2) is 4.20. The van der Waals surface area contributed by atoms with Crippen molar-refractivity contribution >= 4 is 22.1 Å². The molecule has 0 amide bonds. The van der Waals surface area contributed by atoms with Gasteiger partial charge in [0.15, 0.2) is 0 Å². The average Bonchev–Trinajstić information content (AvgIpc) is 3.10. The summed E-state index contributed by atoms with van der Waals surface area (Å²) in [6, 6.07) is 16.1. The zero-order valence-corrected chi connectivity index (χ0v) is 11.1. The first-order chi connectivity index (χ1) is 9.81. The summed E-state index contributed by atoms with van der Waals surface area (Å²) >= 11 is 0. The van der Waals surface area contributed by atoms with Gasteiger partial charge >= 0.3 is 0 Å². The van der Waals surface area contributed by atoms with Crippen LogP contribution in [0.2, 0.25) is 0 Å². The fourth-order valence-corrected chi connectivity index (χ4v) is 2.48. The number of para-hydroxylation sites is 4. The average molecular weight is 262 g/mol. The number of benzene rings is 2. The second-order valence-corrected chi connectivity index (χ2v) is 5.00. The fraction of sp³-hybridized carbons (Fsp3) is 0.125. The summed E-state index contributed by atoms with van der Waals surface area (Å²) in [7, 11) is 0. The number of nitrogens with one attached hydrogen (secondary N) is 2. The van der Waals surface area contributed by atoms with E-state index in [2.05, 4.69) is 26.9 Å². The quantitative estimate of drug-likeness (QED) is 0.580. The molecular weight excluding hydrogens is 248 g/mol. The maximum atomic E-state index is 4.64. The van der Waals surface area contributed by atoms with E-state index >= 15 is 0 Å². The molecule has 0 spiro atoms. The summed E-state index contributed by atoms with van der Waals surface area (Å²) in [6.07, 6.45) is 0. The van der Waals surface area contributed by atoms with Crippen molar-refractivity contribution in [3.8, 4) is 0 Å². The van der Waals surface area contributed by atoms with Crippen molar-refractivity contribution in [2.45, 2.75) is 12.8 Å². The first-order valence-electron chi connectivity index (χ1n) is 6.70. The van der Waals surface area contributed by atoms with Crippen LogP contribution >= 0.6 is 0 Å². The maximum absolute atomic E-state index is 4.64. The van der Waals surface area contributed by atoms with Gasteiger partial charge in [0, 0.05) is 0 Å². The van der Waals surface area contributed by atoms with Crippen molar-refractivity contribution in [2.24, 2.45) is 0 Å². The SMILES string of the molecule is CC(c1nc2ccccc2[nH]1)c1nc2ccccc2[nH]1. The van der Waals surface area contributed by atoms with E-state index in [0.717, 1.165) is 33.7 Å². The highest BCUT2D eigenvalue weighted by Gasteiger charge is 2.16. The number of fused-ring (bicyclic) bond motifs is 2. The lowest BCUT2D eigenvalue weighted by Crippen LogP contribution is -2.00. The Bertz CT molecular complexity index is 747. The van der Waals surface area contributed by atoms with Gasteiger partial charge in [-0.25, -0.2) is 9.97 Å². The van der Waals surface area contributed by atoms with Gasteiger partial charge in [0.05, 0.1) is 28.0 Å². The molecular formula is C16H14N4.